The van der Waals surface area contributed by atoms with Gasteiger partial charge in [-0.15, -0.1) is 0 Å². The van der Waals surface area contributed by atoms with Crippen LogP contribution in [0.5, 0.6) is 5.75 Å². The Morgan fingerprint density at radius 2 is 2.14 bits per heavy atom. The number of nitro groups is 1. The highest BCUT2D eigenvalue weighted by Crippen LogP contribution is 2.31. The van der Waals surface area contributed by atoms with E-state index in [4.69, 9.17) is 0 Å². The normalized spacial score (nSPS) is 11.3. The van der Waals surface area contributed by atoms with Crippen molar-refractivity contribution in [1.82, 2.24) is 9.97 Å². The first-order chi connectivity index (χ1) is 10.5. The highest BCUT2D eigenvalue weighted by molar-refractivity contribution is 9.10. The molecule has 2 aromatic carbocycles. The van der Waals surface area contributed by atoms with Crippen LogP contribution < -0.4 is 0 Å². The second-order valence-corrected chi connectivity index (χ2v) is 5.31. The smallest absolute Gasteiger partial charge is 0.271 e. The molecule has 0 spiro atoms. The van der Waals surface area contributed by atoms with Crippen molar-refractivity contribution >= 4 is 44.8 Å². The second-order valence-electron chi connectivity index (χ2n) is 4.46. The number of H-pyrrole nitrogens is 1. The molecule has 7 nitrogen and oxygen atoms in total. The zero-order valence-corrected chi connectivity index (χ0v) is 12.6. The maximum absolute atomic E-state index is 10.8. The van der Waals surface area contributed by atoms with Gasteiger partial charge in [-0.25, -0.2) is 9.98 Å². The van der Waals surface area contributed by atoms with E-state index in [9.17, 15) is 15.2 Å². The van der Waals surface area contributed by atoms with E-state index in [0.29, 0.717) is 5.95 Å². The summed E-state index contributed by atoms with van der Waals surface area (Å²) in [6, 6.07) is 9.91. The van der Waals surface area contributed by atoms with Crippen LogP contribution >= 0.6 is 15.9 Å². The predicted octanol–water partition coefficient (Wildman–Crippen LogP) is 3.69. The first kappa shape index (κ1) is 14.2. The van der Waals surface area contributed by atoms with Crippen molar-refractivity contribution in [1.29, 1.82) is 0 Å². The Kier molecular flexibility index (Phi) is 3.60. The fourth-order valence-electron chi connectivity index (χ4n) is 1.94. The SMILES string of the molecule is O=[N+]([O-])c1cc(Br)c(O)c(/C=N/c2nc3ccccc3[nH]2)c1. The van der Waals surface area contributed by atoms with Gasteiger partial charge in [-0.3, -0.25) is 10.1 Å². The molecule has 3 rings (SSSR count). The van der Waals surface area contributed by atoms with Crippen molar-refractivity contribution in [2.24, 2.45) is 4.99 Å². The van der Waals surface area contributed by atoms with Crippen LogP contribution in [0.25, 0.3) is 11.0 Å². The zero-order chi connectivity index (χ0) is 15.7. The van der Waals surface area contributed by atoms with E-state index in [1.807, 2.05) is 24.3 Å². The summed E-state index contributed by atoms with van der Waals surface area (Å²) < 4.78 is 0.229. The van der Waals surface area contributed by atoms with Crippen molar-refractivity contribution in [3.05, 3.63) is 56.5 Å². The summed E-state index contributed by atoms with van der Waals surface area (Å²) in [7, 11) is 0. The zero-order valence-electron chi connectivity index (χ0n) is 11.0. The third kappa shape index (κ3) is 2.68. The number of para-hydroxylation sites is 2. The number of benzene rings is 2. The number of rotatable bonds is 3. The lowest BCUT2D eigenvalue weighted by atomic mass is 10.2. The molecule has 3 aromatic rings. The van der Waals surface area contributed by atoms with E-state index in [2.05, 4.69) is 30.9 Å². The number of aliphatic imine (C=N–C) groups is 1. The first-order valence-corrected chi connectivity index (χ1v) is 6.99. The van der Waals surface area contributed by atoms with Gasteiger partial charge in [-0.2, -0.15) is 0 Å². The number of phenolic OH excluding ortho intramolecular Hbond substituents is 1. The Balaban J connectivity index is 1.99. The Bertz CT molecular complexity index is 871. The van der Waals surface area contributed by atoms with Crippen LogP contribution in [0.1, 0.15) is 5.56 Å². The molecule has 0 aliphatic carbocycles. The van der Waals surface area contributed by atoms with Gasteiger partial charge in [0.2, 0.25) is 5.95 Å². The number of halogens is 1. The number of non-ortho nitro benzene ring substituents is 1. The maximum atomic E-state index is 10.8. The molecule has 2 N–H and O–H groups in total. The summed E-state index contributed by atoms with van der Waals surface area (Å²) in [5.41, 5.74) is 1.68. The van der Waals surface area contributed by atoms with Crippen LogP contribution in [-0.4, -0.2) is 26.2 Å². The Hall–Kier alpha value is -2.74. The molecule has 0 radical (unpaired) electrons. The van der Waals surface area contributed by atoms with Crippen LogP contribution in [0.15, 0.2) is 45.9 Å². The highest BCUT2D eigenvalue weighted by atomic mass is 79.9. The molecular weight excluding hydrogens is 352 g/mol. The number of fused-ring (bicyclic) bond motifs is 1. The van der Waals surface area contributed by atoms with E-state index in [1.165, 1.54) is 18.3 Å². The molecule has 1 aromatic heterocycles. The number of aromatic amines is 1. The van der Waals surface area contributed by atoms with Crippen LogP contribution in [0.4, 0.5) is 11.6 Å². The van der Waals surface area contributed by atoms with Gasteiger partial charge in [-0.1, -0.05) is 12.1 Å². The van der Waals surface area contributed by atoms with Crippen LogP contribution in [0, 0.1) is 10.1 Å². The molecule has 8 heteroatoms. The maximum Gasteiger partial charge on any atom is 0.271 e. The van der Waals surface area contributed by atoms with E-state index < -0.39 is 4.92 Å². The molecule has 0 fully saturated rings. The van der Waals surface area contributed by atoms with Gasteiger partial charge < -0.3 is 10.1 Å². The summed E-state index contributed by atoms with van der Waals surface area (Å²) in [4.78, 5) is 21.7. The van der Waals surface area contributed by atoms with Gasteiger partial charge in [0.1, 0.15) is 5.75 Å². The molecule has 110 valence electrons. The lowest BCUT2D eigenvalue weighted by Crippen LogP contribution is -1.91. The summed E-state index contributed by atoms with van der Waals surface area (Å²) in [5.74, 6) is 0.230. The van der Waals surface area contributed by atoms with E-state index in [0.717, 1.165) is 11.0 Å². The predicted molar refractivity (Wildman–Crippen MR) is 85.8 cm³/mol. The minimum absolute atomic E-state index is 0.120. The van der Waals surface area contributed by atoms with Gasteiger partial charge in [0, 0.05) is 23.9 Å². The summed E-state index contributed by atoms with van der Waals surface area (Å²) in [5, 5.41) is 20.8. The molecule has 0 bridgehead atoms. The van der Waals surface area contributed by atoms with Gasteiger partial charge in [0.05, 0.1) is 20.4 Å². The van der Waals surface area contributed by atoms with Crippen molar-refractivity contribution in [3.8, 4) is 5.75 Å². The Morgan fingerprint density at radius 1 is 1.36 bits per heavy atom. The fraction of sp³-hybridized carbons (Fsp3) is 0. The molecule has 0 saturated carbocycles. The number of aromatic nitrogens is 2. The summed E-state index contributed by atoms with van der Waals surface area (Å²) >= 11 is 3.08. The monoisotopic (exact) mass is 360 g/mol. The molecule has 0 unspecified atom stereocenters. The molecule has 22 heavy (non-hydrogen) atoms. The average molecular weight is 361 g/mol. The Morgan fingerprint density at radius 3 is 2.86 bits per heavy atom. The molecule has 0 saturated heterocycles. The van der Waals surface area contributed by atoms with Crippen molar-refractivity contribution in [2.45, 2.75) is 0 Å². The molecular formula is C14H9BrN4O3. The Labute approximate surface area is 132 Å². The van der Waals surface area contributed by atoms with Crippen molar-refractivity contribution in [2.75, 3.05) is 0 Å². The van der Waals surface area contributed by atoms with Crippen LogP contribution in [0.3, 0.4) is 0 Å². The molecule has 0 aliphatic rings. The second kappa shape index (κ2) is 5.57. The lowest BCUT2D eigenvalue weighted by Gasteiger charge is -2.01. The standard InChI is InChI=1S/C14H9BrN4O3/c15-10-6-9(19(21)22)5-8(13(10)20)7-16-14-17-11-3-1-2-4-12(11)18-14/h1-7,20H,(H,17,18)/b16-7+. The topological polar surface area (TPSA) is 104 Å². The number of nitro benzene ring substituents is 1. The van der Waals surface area contributed by atoms with Gasteiger partial charge in [0.25, 0.3) is 5.69 Å². The molecule has 0 atom stereocenters. The first-order valence-electron chi connectivity index (χ1n) is 6.20. The minimum atomic E-state index is -0.539. The van der Waals surface area contributed by atoms with Crippen LogP contribution in [-0.2, 0) is 0 Å². The van der Waals surface area contributed by atoms with Crippen molar-refractivity contribution in [3.63, 3.8) is 0 Å². The fourth-order valence-corrected chi connectivity index (χ4v) is 2.40. The number of phenols is 1. The largest absolute Gasteiger partial charge is 0.506 e. The third-order valence-electron chi connectivity index (χ3n) is 2.99. The highest BCUT2D eigenvalue weighted by Gasteiger charge is 2.13. The number of imidazole rings is 1. The third-order valence-corrected chi connectivity index (χ3v) is 3.60. The number of nitrogens with zero attached hydrogens (tertiary/aromatic N) is 3. The van der Waals surface area contributed by atoms with E-state index >= 15 is 0 Å². The van der Waals surface area contributed by atoms with E-state index in [-0.39, 0.29) is 21.5 Å². The molecule has 1 heterocycles. The molecule has 0 aliphatic heterocycles. The number of hydrogen-bond acceptors (Lipinski definition) is 5. The molecule has 0 amide bonds. The van der Waals surface area contributed by atoms with Crippen LogP contribution in [0.2, 0.25) is 0 Å². The van der Waals surface area contributed by atoms with E-state index in [1.54, 1.807) is 0 Å². The number of aromatic hydroxyl groups is 1. The summed E-state index contributed by atoms with van der Waals surface area (Å²) in [6.45, 7) is 0. The van der Waals surface area contributed by atoms with Crippen molar-refractivity contribution < 1.29 is 10.0 Å². The van der Waals surface area contributed by atoms with Gasteiger partial charge >= 0.3 is 0 Å². The van der Waals surface area contributed by atoms with Gasteiger partial charge in [-0.05, 0) is 28.1 Å². The number of hydrogen-bond donors (Lipinski definition) is 2. The summed E-state index contributed by atoms with van der Waals surface area (Å²) in [6.07, 6.45) is 1.32. The average Bonchev–Trinajstić information content (AvgIpc) is 2.91. The quantitative estimate of drug-likeness (QED) is 0.422. The number of nitrogens with one attached hydrogen (secondary N) is 1. The van der Waals surface area contributed by atoms with Gasteiger partial charge in [0.15, 0.2) is 0 Å². The lowest BCUT2D eigenvalue weighted by molar-refractivity contribution is -0.385. The minimum Gasteiger partial charge on any atom is -0.506 e.